The average molecular weight is 376 g/mol. The van der Waals surface area contributed by atoms with Crippen LogP contribution in [0.1, 0.15) is 37.1 Å². The van der Waals surface area contributed by atoms with Crippen LogP contribution in [0.15, 0.2) is 30.6 Å². The maximum atomic E-state index is 12.1. The van der Waals surface area contributed by atoms with Gasteiger partial charge in [0, 0.05) is 25.0 Å². The largest absolute Gasteiger partial charge is 0.352 e. The normalized spacial score (nSPS) is 15.9. The maximum Gasteiger partial charge on any atom is 0.220 e. The van der Waals surface area contributed by atoms with E-state index in [0.29, 0.717) is 23.9 Å². The van der Waals surface area contributed by atoms with Crippen LogP contribution in [-0.4, -0.2) is 38.7 Å². The number of aryl methyl sites for hydroxylation is 1. The van der Waals surface area contributed by atoms with Crippen molar-refractivity contribution in [3.8, 4) is 0 Å². The first-order chi connectivity index (χ1) is 12.6. The van der Waals surface area contributed by atoms with Crippen LogP contribution in [0.3, 0.4) is 0 Å². The number of piperidine rings is 1. The van der Waals surface area contributed by atoms with E-state index in [-0.39, 0.29) is 5.91 Å². The SMILES string of the molecule is Cn1cnnc1CN1CCC(CCC(=O)NCc2cccc(Cl)c2)CC1. The summed E-state index contributed by atoms with van der Waals surface area (Å²) in [6.45, 7) is 3.50. The molecule has 1 amide bonds. The minimum atomic E-state index is 0.117. The molecule has 0 bridgehead atoms. The highest BCUT2D eigenvalue weighted by Crippen LogP contribution is 2.22. The van der Waals surface area contributed by atoms with Gasteiger partial charge in [0.25, 0.3) is 0 Å². The van der Waals surface area contributed by atoms with E-state index in [9.17, 15) is 4.79 Å². The molecule has 0 aliphatic carbocycles. The maximum absolute atomic E-state index is 12.1. The highest BCUT2D eigenvalue weighted by atomic mass is 35.5. The Hall–Kier alpha value is -1.92. The number of amides is 1. The first kappa shape index (κ1) is 18.9. The van der Waals surface area contributed by atoms with Gasteiger partial charge in [0.05, 0.1) is 6.54 Å². The molecule has 1 aliphatic heterocycles. The Morgan fingerprint density at radius 1 is 1.35 bits per heavy atom. The Morgan fingerprint density at radius 2 is 2.15 bits per heavy atom. The molecule has 3 rings (SSSR count). The minimum absolute atomic E-state index is 0.117. The second-order valence-corrected chi connectivity index (χ2v) is 7.46. The summed E-state index contributed by atoms with van der Waals surface area (Å²) in [6, 6.07) is 7.59. The summed E-state index contributed by atoms with van der Waals surface area (Å²) in [6.07, 6.45) is 5.57. The number of carbonyl (C=O) groups is 1. The molecule has 0 atom stereocenters. The van der Waals surface area contributed by atoms with Crippen molar-refractivity contribution in [3.05, 3.63) is 47.0 Å². The Kier molecular flexibility index (Phi) is 6.63. The van der Waals surface area contributed by atoms with Gasteiger partial charge in [-0.05, 0) is 56.0 Å². The Morgan fingerprint density at radius 3 is 2.85 bits per heavy atom. The second kappa shape index (κ2) is 9.14. The van der Waals surface area contributed by atoms with Crippen molar-refractivity contribution in [1.82, 2.24) is 25.0 Å². The van der Waals surface area contributed by atoms with Crippen molar-refractivity contribution in [3.63, 3.8) is 0 Å². The quantitative estimate of drug-likeness (QED) is 0.808. The van der Waals surface area contributed by atoms with E-state index in [4.69, 9.17) is 11.6 Å². The average Bonchev–Trinajstić information content (AvgIpc) is 3.04. The van der Waals surface area contributed by atoms with Gasteiger partial charge in [0.1, 0.15) is 12.2 Å². The van der Waals surface area contributed by atoms with Gasteiger partial charge in [-0.25, -0.2) is 0 Å². The lowest BCUT2D eigenvalue weighted by Crippen LogP contribution is -2.34. The third-order valence-electron chi connectivity index (χ3n) is 5.04. The fraction of sp³-hybridized carbons (Fsp3) is 0.526. The predicted octanol–water partition coefficient (Wildman–Crippen LogP) is 2.78. The molecule has 1 saturated heterocycles. The van der Waals surface area contributed by atoms with Crippen LogP contribution in [0.4, 0.5) is 0 Å². The van der Waals surface area contributed by atoms with Crippen molar-refractivity contribution >= 4 is 17.5 Å². The van der Waals surface area contributed by atoms with Crippen LogP contribution in [0, 0.1) is 5.92 Å². The van der Waals surface area contributed by atoms with Crippen molar-refractivity contribution in [2.24, 2.45) is 13.0 Å². The fourth-order valence-corrected chi connectivity index (χ4v) is 3.57. The van der Waals surface area contributed by atoms with Crippen LogP contribution in [0.2, 0.25) is 5.02 Å². The molecule has 1 aromatic carbocycles. The third kappa shape index (κ3) is 5.54. The first-order valence-corrected chi connectivity index (χ1v) is 9.54. The monoisotopic (exact) mass is 375 g/mol. The minimum Gasteiger partial charge on any atom is -0.352 e. The van der Waals surface area contributed by atoms with E-state index < -0.39 is 0 Å². The van der Waals surface area contributed by atoms with Gasteiger partial charge in [0.15, 0.2) is 0 Å². The van der Waals surface area contributed by atoms with Gasteiger partial charge in [0.2, 0.25) is 5.91 Å². The topological polar surface area (TPSA) is 63.1 Å². The van der Waals surface area contributed by atoms with E-state index in [1.807, 2.05) is 35.9 Å². The Bertz CT molecular complexity index is 724. The van der Waals surface area contributed by atoms with Crippen molar-refractivity contribution in [2.75, 3.05) is 13.1 Å². The summed E-state index contributed by atoms with van der Waals surface area (Å²) >= 11 is 5.96. The fourth-order valence-electron chi connectivity index (χ4n) is 3.35. The Balaban J connectivity index is 1.33. The van der Waals surface area contributed by atoms with Gasteiger partial charge in [-0.1, -0.05) is 23.7 Å². The number of halogens is 1. The summed E-state index contributed by atoms with van der Waals surface area (Å²) in [5.41, 5.74) is 1.03. The molecule has 0 saturated carbocycles. The summed E-state index contributed by atoms with van der Waals surface area (Å²) in [4.78, 5) is 14.5. The smallest absolute Gasteiger partial charge is 0.220 e. The molecule has 140 valence electrons. The van der Waals surface area contributed by atoms with Crippen molar-refractivity contribution < 1.29 is 4.79 Å². The van der Waals surface area contributed by atoms with Gasteiger partial charge >= 0.3 is 0 Å². The van der Waals surface area contributed by atoms with Gasteiger partial charge in [-0.15, -0.1) is 10.2 Å². The van der Waals surface area contributed by atoms with Crippen LogP contribution in [-0.2, 0) is 24.9 Å². The number of likely N-dealkylation sites (tertiary alicyclic amines) is 1. The number of benzene rings is 1. The van der Waals surface area contributed by atoms with Gasteiger partial charge in [-0.2, -0.15) is 0 Å². The highest BCUT2D eigenvalue weighted by molar-refractivity contribution is 6.30. The zero-order chi connectivity index (χ0) is 18.4. The summed E-state index contributed by atoms with van der Waals surface area (Å²) in [7, 11) is 1.98. The molecule has 1 aromatic heterocycles. The van der Waals surface area contributed by atoms with Crippen LogP contribution >= 0.6 is 11.6 Å². The molecule has 2 heterocycles. The Labute approximate surface area is 159 Å². The van der Waals surface area contributed by atoms with Crippen LogP contribution in [0.25, 0.3) is 0 Å². The molecule has 1 aliphatic rings. The van der Waals surface area contributed by atoms with Gasteiger partial charge in [-0.3, -0.25) is 9.69 Å². The van der Waals surface area contributed by atoms with Crippen molar-refractivity contribution in [2.45, 2.75) is 38.8 Å². The van der Waals surface area contributed by atoms with Crippen LogP contribution in [0.5, 0.6) is 0 Å². The number of nitrogens with one attached hydrogen (secondary N) is 1. The molecule has 0 spiro atoms. The number of hydrogen-bond acceptors (Lipinski definition) is 4. The standard InChI is InChI=1S/C19H26ClN5O/c1-24-14-22-23-18(24)13-25-9-7-15(8-10-25)5-6-19(26)21-12-16-3-2-4-17(20)11-16/h2-4,11,14-15H,5-10,12-13H2,1H3,(H,21,26). The van der Waals surface area contributed by atoms with E-state index in [2.05, 4.69) is 20.4 Å². The summed E-state index contributed by atoms with van der Waals surface area (Å²) in [5.74, 6) is 1.75. The molecule has 1 fully saturated rings. The zero-order valence-corrected chi connectivity index (χ0v) is 16.0. The number of hydrogen-bond donors (Lipinski definition) is 1. The third-order valence-corrected chi connectivity index (χ3v) is 5.27. The molecular formula is C19H26ClN5O. The molecule has 26 heavy (non-hydrogen) atoms. The highest BCUT2D eigenvalue weighted by Gasteiger charge is 2.21. The molecule has 7 heteroatoms. The molecule has 6 nitrogen and oxygen atoms in total. The second-order valence-electron chi connectivity index (χ2n) is 7.02. The van der Waals surface area contributed by atoms with E-state index in [1.54, 1.807) is 6.33 Å². The number of aromatic nitrogens is 3. The molecular weight excluding hydrogens is 350 g/mol. The van der Waals surface area contributed by atoms with E-state index in [0.717, 1.165) is 50.3 Å². The summed E-state index contributed by atoms with van der Waals surface area (Å²) in [5, 5.41) is 11.8. The zero-order valence-electron chi connectivity index (χ0n) is 15.2. The molecule has 0 radical (unpaired) electrons. The predicted molar refractivity (Wildman–Crippen MR) is 102 cm³/mol. The number of carbonyl (C=O) groups excluding carboxylic acids is 1. The summed E-state index contributed by atoms with van der Waals surface area (Å²) < 4.78 is 1.97. The molecule has 1 N–H and O–H groups in total. The van der Waals surface area contributed by atoms with Crippen LogP contribution < -0.4 is 5.32 Å². The number of nitrogens with zero attached hydrogens (tertiary/aromatic N) is 4. The molecule has 0 unspecified atom stereocenters. The van der Waals surface area contributed by atoms with E-state index >= 15 is 0 Å². The first-order valence-electron chi connectivity index (χ1n) is 9.16. The van der Waals surface area contributed by atoms with E-state index in [1.165, 1.54) is 0 Å². The lowest BCUT2D eigenvalue weighted by atomic mass is 9.92. The van der Waals surface area contributed by atoms with Crippen molar-refractivity contribution in [1.29, 1.82) is 0 Å². The molecule has 2 aromatic rings. The lowest BCUT2D eigenvalue weighted by Gasteiger charge is -2.31. The number of rotatable bonds is 7. The van der Waals surface area contributed by atoms with Gasteiger partial charge < -0.3 is 9.88 Å². The lowest BCUT2D eigenvalue weighted by molar-refractivity contribution is -0.121.